The minimum absolute atomic E-state index is 0.0111. The van der Waals surface area contributed by atoms with Crippen LogP contribution in [0.15, 0.2) is 53.5 Å². The zero-order valence-electron chi connectivity index (χ0n) is 23.7. The van der Waals surface area contributed by atoms with Crippen molar-refractivity contribution in [3.05, 3.63) is 48.5 Å². The first-order valence-electron chi connectivity index (χ1n) is 13.5. The number of carbonyl (C=O) groups excluding carboxylic acids is 3. The second-order valence-corrected chi connectivity index (χ2v) is 8.48. The summed E-state index contributed by atoms with van der Waals surface area (Å²) in [5, 5.41) is 11.1. The van der Waals surface area contributed by atoms with Crippen LogP contribution in [0.2, 0.25) is 0 Å². The van der Waals surface area contributed by atoms with Crippen molar-refractivity contribution in [2.24, 2.45) is 4.99 Å². The Kier molecular flexibility index (Phi) is 17.9. The number of nitrogens with zero attached hydrogens (tertiary/aromatic N) is 1. The number of isocyanates is 1. The molecule has 0 radical (unpaired) electrons. The molecule has 14 nitrogen and oxygen atoms in total. The second-order valence-electron chi connectivity index (χ2n) is 8.48. The van der Waals surface area contributed by atoms with Crippen molar-refractivity contribution < 1.29 is 57.4 Å². The number of aliphatic carboxylic acids is 1. The van der Waals surface area contributed by atoms with Gasteiger partial charge in [-0.3, -0.25) is 14.9 Å². The number of carboxylic acid groups (broad SMARTS) is 1. The number of nitrogens with one attached hydrogen (secondary N) is 1. The van der Waals surface area contributed by atoms with Gasteiger partial charge in [-0.25, -0.2) is 9.59 Å². The van der Waals surface area contributed by atoms with Crippen molar-refractivity contribution in [1.29, 1.82) is 0 Å². The second kappa shape index (κ2) is 22.2. The van der Waals surface area contributed by atoms with Crippen LogP contribution >= 0.6 is 0 Å². The molecule has 0 aromatic heterocycles. The lowest BCUT2D eigenvalue weighted by atomic mass is 10.2. The normalized spacial score (nSPS) is 10.3. The fourth-order valence-electron chi connectivity index (χ4n) is 3.18. The van der Waals surface area contributed by atoms with Gasteiger partial charge in [0.2, 0.25) is 6.08 Å². The molecule has 0 aliphatic rings. The molecule has 2 aromatic carbocycles. The fraction of sp³-hybridized carbons (Fsp3) is 0.448. The lowest BCUT2D eigenvalue weighted by Crippen LogP contribution is -2.18. The zero-order chi connectivity index (χ0) is 31.0. The van der Waals surface area contributed by atoms with Crippen LogP contribution in [0.3, 0.4) is 0 Å². The van der Waals surface area contributed by atoms with Gasteiger partial charge in [0, 0.05) is 18.5 Å². The van der Waals surface area contributed by atoms with Gasteiger partial charge in [-0.1, -0.05) is 0 Å². The first-order chi connectivity index (χ1) is 21.0. The van der Waals surface area contributed by atoms with E-state index >= 15 is 0 Å². The number of amides is 1. The predicted molar refractivity (Wildman–Crippen MR) is 152 cm³/mol. The summed E-state index contributed by atoms with van der Waals surface area (Å²) in [5.74, 6) is -0.276. The molecule has 0 aliphatic heterocycles. The molecule has 0 atom stereocenters. The average Bonchev–Trinajstić information content (AvgIpc) is 2.99. The molecule has 0 fully saturated rings. The molecule has 2 rings (SSSR count). The Morgan fingerprint density at radius 2 is 1.19 bits per heavy atom. The van der Waals surface area contributed by atoms with Gasteiger partial charge < -0.3 is 38.3 Å². The Morgan fingerprint density at radius 3 is 1.72 bits per heavy atom. The summed E-state index contributed by atoms with van der Waals surface area (Å²) < 4.78 is 37.3. The minimum atomic E-state index is -0.979. The van der Waals surface area contributed by atoms with E-state index < -0.39 is 18.0 Å². The summed E-state index contributed by atoms with van der Waals surface area (Å²) >= 11 is 0. The predicted octanol–water partition coefficient (Wildman–Crippen LogP) is 3.51. The number of ether oxygens (including phenoxy) is 7. The zero-order valence-corrected chi connectivity index (χ0v) is 23.7. The molecular weight excluding hydrogens is 568 g/mol. The molecule has 0 unspecified atom stereocenters. The summed E-state index contributed by atoms with van der Waals surface area (Å²) in [7, 11) is 0. The lowest BCUT2D eigenvalue weighted by Gasteiger charge is -2.10. The maximum absolute atomic E-state index is 11.8. The van der Waals surface area contributed by atoms with Crippen LogP contribution in [0, 0.1) is 0 Å². The van der Waals surface area contributed by atoms with E-state index in [9.17, 15) is 19.2 Å². The molecule has 0 spiro atoms. The highest BCUT2D eigenvalue weighted by atomic mass is 16.6. The molecule has 0 aliphatic carbocycles. The summed E-state index contributed by atoms with van der Waals surface area (Å²) in [4.78, 5) is 47.4. The minimum Gasteiger partial charge on any atom is -0.491 e. The van der Waals surface area contributed by atoms with Gasteiger partial charge in [-0.05, 0) is 55.0 Å². The van der Waals surface area contributed by atoms with Gasteiger partial charge in [0.15, 0.2) is 0 Å². The van der Waals surface area contributed by atoms with Crippen molar-refractivity contribution >= 4 is 35.5 Å². The highest BCUT2D eigenvalue weighted by Crippen LogP contribution is 2.17. The average molecular weight is 605 g/mol. The molecule has 0 saturated heterocycles. The number of hydrogen-bond donors (Lipinski definition) is 2. The van der Waals surface area contributed by atoms with Crippen molar-refractivity contribution in [1.82, 2.24) is 0 Å². The van der Waals surface area contributed by atoms with Gasteiger partial charge in [-0.15, -0.1) is 0 Å². The van der Waals surface area contributed by atoms with Gasteiger partial charge in [0.05, 0.1) is 45.3 Å². The molecule has 1 amide bonds. The molecule has 234 valence electrons. The fourth-order valence-corrected chi connectivity index (χ4v) is 3.18. The molecule has 2 N–H and O–H groups in total. The quantitative estimate of drug-likeness (QED) is 0.0818. The SMILES string of the molecule is O=C=Nc1ccc(OCCOCCOCCOCCOc2ccc(NC(=O)OCCOC(=O)CCCC(=O)O)cc2)cc1. The van der Waals surface area contributed by atoms with Crippen LogP contribution in [-0.4, -0.2) is 95.3 Å². The van der Waals surface area contributed by atoms with E-state index in [0.29, 0.717) is 75.7 Å². The van der Waals surface area contributed by atoms with Crippen LogP contribution in [0.1, 0.15) is 19.3 Å². The third kappa shape index (κ3) is 17.8. The Balaban J connectivity index is 1.39. The molecule has 14 heteroatoms. The molecule has 0 bridgehead atoms. The number of anilines is 1. The number of aliphatic imine (C=N–C) groups is 1. The Morgan fingerprint density at radius 1 is 0.674 bits per heavy atom. The van der Waals surface area contributed by atoms with Crippen LogP contribution in [0.25, 0.3) is 0 Å². The molecular formula is C29H36N2O12. The largest absolute Gasteiger partial charge is 0.491 e. The Hall–Kier alpha value is -4.49. The molecule has 2 aromatic rings. The van der Waals surface area contributed by atoms with Crippen LogP contribution in [-0.2, 0) is 38.1 Å². The van der Waals surface area contributed by atoms with E-state index in [1.165, 1.54) is 6.08 Å². The highest BCUT2D eigenvalue weighted by Gasteiger charge is 2.07. The van der Waals surface area contributed by atoms with Crippen molar-refractivity contribution in [3.63, 3.8) is 0 Å². The maximum atomic E-state index is 11.8. The molecule has 0 saturated carbocycles. The topological polar surface area (TPSA) is 178 Å². The number of hydrogen-bond acceptors (Lipinski definition) is 12. The Bertz CT molecular complexity index is 1140. The number of rotatable bonds is 23. The standard InChI is InChI=1S/C29H36N2O12/c32-22-30-23-4-8-25(9-5-23)40-18-16-38-14-12-37-13-15-39-17-19-41-26-10-6-24(7-11-26)31-29(36)43-21-20-42-28(35)3-1-2-27(33)34/h4-11H,1-3,12-21H2,(H,31,36)(H,33,34). The first kappa shape index (κ1) is 34.7. The van der Waals surface area contributed by atoms with E-state index in [4.69, 9.17) is 38.3 Å². The van der Waals surface area contributed by atoms with Gasteiger partial charge in [0.1, 0.15) is 37.9 Å². The number of benzene rings is 2. The van der Waals surface area contributed by atoms with E-state index in [1.54, 1.807) is 48.5 Å². The van der Waals surface area contributed by atoms with Crippen molar-refractivity contribution in [2.45, 2.75) is 19.3 Å². The van der Waals surface area contributed by atoms with E-state index in [0.717, 1.165) is 0 Å². The van der Waals surface area contributed by atoms with Gasteiger partial charge in [0.25, 0.3) is 0 Å². The molecule has 0 heterocycles. The summed E-state index contributed by atoms with van der Waals surface area (Å²) in [6, 6.07) is 13.4. The van der Waals surface area contributed by atoms with Crippen LogP contribution in [0.4, 0.5) is 16.2 Å². The summed E-state index contributed by atoms with van der Waals surface area (Å²) in [5.41, 5.74) is 1.01. The summed E-state index contributed by atoms with van der Waals surface area (Å²) in [6.07, 6.45) is 0.835. The van der Waals surface area contributed by atoms with E-state index in [1.807, 2.05) is 0 Å². The van der Waals surface area contributed by atoms with Crippen LogP contribution in [0.5, 0.6) is 11.5 Å². The first-order valence-corrected chi connectivity index (χ1v) is 13.5. The maximum Gasteiger partial charge on any atom is 0.411 e. The molecule has 43 heavy (non-hydrogen) atoms. The van der Waals surface area contributed by atoms with Gasteiger partial charge in [-0.2, -0.15) is 4.99 Å². The summed E-state index contributed by atoms with van der Waals surface area (Å²) in [6.45, 7) is 2.92. The third-order valence-corrected chi connectivity index (χ3v) is 5.20. The van der Waals surface area contributed by atoms with Crippen LogP contribution < -0.4 is 14.8 Å². The number of carbonyl (C=O) groups is 3. The van der Waals surface area contributed by atoms with Crippen molar-refractivity contribution in [3.8, 4) is 11.5 Å². The van der Waals surface area contributed by atoms with E-state index in [-0.39, 0.29) is 32.5 Å². The number of esters is 1. The number of carboxylic acids is 1. The smallest absolute Gasteiger partial charge is 0.411 e. The Labute approximate surface area is 248 Å². The highest BCUT2D eigenvalue weighted by molar-refractivity contribution is 5.84. The van der Waals surface area contributed by atoms with Crippen molar-refractivity contribution in [2.75, 3.05) is 71.4 Å². The monoisotopic (exact) mass is 604 g/mol. The van der Waals surface area contributed by atoms with Gasteiger partial charge >= 0.3 is 18.0 Å². The third-order valence-electron chi connectivity index (χ3n) is 5.20. The lowest BCUT2D eigenvalue weighted by molar-refractivity contribution is -0.145. The van der Waals surface area contributed by atoms with E-state index in [2.05, 4.69) is 10.3 Å².